The highest BCUT2D eigenvalue weighted by Gasteiger charge is 2.29. The number of hydrogen-bond donors (Lipinski definition) is 3. The number of fused-ring (bicyclic) bond motifs is 1. The number of carbonyl (C=O) groups excluding carboxylic acids is 1. The van der Waals surface area contributed by atoms with Gasteiger partial charge in [-0.3, -0.25) is 4.79 Å². The van der Waals surface area contributed by atoms with E-state index < -0.39 is 0 Å². The predicted molar refractivity (Wildman–Crippen MR) is 121 cm³/mol. The van der Waals surface area contributed by atoms with Crippen LogP contribution in [-0.2, 0) is 17.8 Å². The lowest BCUT2D eigenvalue weighted by atomic mass is 10.1. The van der Waals surface area contributed by atoms with Gasteiger partial charge in [-0.2, -0.15) is 0 Å². The standard InChI is InChI=1S/C24H30N4O3/c1-4-28-20-6-5-7-22(31-3)18(20)14-21(28)19-15-23(27-26-19)25-24(29)13-10-16-8-11-17(30-2)12-9-16/h5-9,11-12,14,19,23,26-27H,4,10,13,15H2,1-3H3,(H,25,29). The molecular formula is C24H30N4O3. The zero-order chi connectivity index (χ0) is 21.8. The molecule has 1 aliphatic heterocycles. The lowest BCUT2D eigenvalue weighted by Crippen LogP contribution is -2.44. The maximum Gasteiger partial charge on any atom is 0.221 e. The van der Waals surface area contributed by atoms with Crippen LogP contribution in [0.15, 0.2) is 48.5 Å². The molecule has 2 heterocycles. The summed E-state index contributed by atoms with van der Waals surface area (Å²) in [6.07, 6.45) is 1.80. The highest BCUT2D eigenvalue weighted by atomic mass is 16.5. The number of ether oxygens (including phenoxy) is 2. The fourth-order valence-electron chi connectivity index (χ4n) is 4.26. The number of benzene rings is 2. The van der Waals surface area contributed by atoms with Gasteiger partial charge >= 0.3 is 0 Å². The van der Waals surface area contributed by atoms with Crippen molar-refractivity contribution in [3.8, 4) is 11.5 Å². The quantitative estimate of drug-likeness (QED) is 0.519. The molecule has 1 fully saturated rings. The summed E-state index contributed by atoms with van der Waals surface area (Å²) in [6, 6.07) is 16.2. The smallest absolute Gasteiger partial charge is 0.221 e. The van der Waals surface area contributed by atoms with Crippen molar-refractivity contribution in [2.24, 2.45) is 0 Å². The third-order valence-corrected chi connectivity index (χ3v) is 5.87. The number of hydrogen-bond acceptors (Lipinski definition) is 5. The van der Waals surface area contributed by atoms with Crippen LogP contribution in [0.2, 0.25) is 0 Å². The molecule has 1 aromatic heterocycles. The molecule has 1 aliphatic rings. The molecule has 1 amide bonds. The topological polar surface area (TPSA) is 76.6 Å². The van der Waals surface area contributed by atoms with Crippen LogP contribution in [0.5, 0.6) is 11.5 Å². The molecule has 2 unspecified atom stereocenters. The van der Waals surface area contributed by atoms with Crippen LogP contribution in [0, 0.1) is 0 Å². The molecular weight excluding hydrogens is 392 g/mol. The number of nitrogens with zero attached hydrogens (tertiary/aromatic N) is 1. The molecule has 0 spiro atoms. The van der Waals surface area contributed by atoms with Crippen molar-refractivity contribution >= 4 is 16.8 Å². The lowest BCUT2D eigenvalue weighted by Gasteiger charge is -2.14. The molecule has 1 saturated heterocycles. The van der Waals surface area contributed by atoms with Gasteiger partial charge in [-0.05, 0) is 49.2 Å². The van der Waals surface area contributed by atoms with Crippen molar-refractivity contribution in [2.45, 2.75) is 44.9 Å². The molecule has 164 valence electrons. The molecule has 0 saturated carbocycles. The number of carbonyl (C=O) groups is 1. The summed E-state index contributed by atoms with van der Waals surface area (Å²) in [4.78, 5) is 12.5. The Kier molecular flexibility index (Phi) is 6.44. The third-order valence-electron chi connectivity index (χ3n) is 5.87. The van der Waals surface area contributed by atoms with E-state index in [4.69, 9.17) is 9.47 Å². The highest BCUT2D eigenvalue weighted by molar-refractivity contribution is 5.87. The SMILES string of the molecule is CCn1c(C2CC(NC(=O)CCc3ccc(OC)cc3)NN2)cc2c(OC)cccc21. The Hall–Kier alpha value is -3.03. The van der Waals surface area contributed by atoms with Crippen molar-refractivity contribution in [2.75, 3.05) is 14.2 Å². The van der Waals surface area contributed by atoms with Crippen molar-refractivity contribution in [3.63, 3.8) is 0 Å². The van der Waals surface area contributed by atoms with Crippen LogP contribution in [0.1, 0.15) is 37.1 Å². The lowest BCUT2D eigenvalue weighted by molar-refractivity contribution is -0.121. The van der Waals surface area contributed by atoms with E-state index in [1.54, 1.807) is 14.2 Å². The minimum absolute atomic E-state index is 0.0356. The Bertz CT molecular complexity index is 1040. The summed E-state index contributed by atoms with van der Waals surface area (Å²) in [5.41, 5.74) is 10.0. The summed E-state index contributed by atoms with van der Waals surface area (Å²) < 4.78 is 13.0. The molecule has 0 aliphatic carbocycles. The van der Waals surface area contributed by atoms with Gasteiger partial charge in [0.25, 0.3) is 0 Å². The van der Waals surface area contributed by atoms with Crippen molar-refractivity contribution < 1.29 is 14.3 Å². The van der Waals surface area contributed by atoms with Gasteiger partial charge in [-0.1, -0.05) is 18.2 Å². The number of methoxy groups -OCH3 is 2. The van der Waals surface area contributed by atoms with Gasteiger partial charge in [-0.25, -0.2) is 10.9 Å². The van der Waals surface area contributed by atoms with Gasteiger partial charge in [0.2, 0.25) is 5.91 Å². The largest absolute Gasteiger partial charge is 0.497 e. The second-order valence-corrected chi connectivity index (χ2v) is 7.75. The zero-order valence-electron chi connectivity index (χ0n) is 18.3. The van der Waals surface area contributed by atoms with Gasteiger partial charge < -0.3 is 19.4 Å². The summed E-state index contributed by atoms with van der Waals surface area (Å²) in [5, 5.41) is 4.20. The number of aryl methyl sites for hydroxylation is 2. The van der Waals surface area contributed by atoms with Gasteiger partial charge in [0.05, 0.1) is 31.9 Å². The minimum Gasteiger partial charge on any atom is -0.497 e. The summed E-state index contributed by atoms with van der Waals surface area (Å²) in [5.74, 6) is 1.73. The van der Waals surface area contributed by atoms with Gasteiger partial charge in [-0.15, -0.1) is 0 Å². The van der Waals surface area contributed by atoms with E-state index in [-0.39, 0.29) is 18.1 Å². The fraction of sp³-hybridized carbons (Fsp3) is 0.375. The molecule has 31 heavy (non-hydrogen) atoms. The predicted octanol–water partition coefficient (Wildman–Crippen LogP) is 3.29. The van der Waals surface area contributed by atoms with Gasteiger partial charge in [0.1, 0.15) is 11.5 Å². The van der Waals surface area contributed by atoms with Crippen molar-refractivity contribution in [1.29, 1.82) is 0 Å². The second-order valence-electron chi connectivity index (χ2n) is 7.75. The van der Waals surface area contributed by atoms with E-state index in [0.29, 0.717) is 12.8 Å². The molecule has 7 heteroatoms. The summed E-state index contributed by atoms with van der Waals surface area (Å²) in [6.45, 7) is 3.01. The zero-order valence-corrected chi connectivity index (χ0v) is 18.3. The number of rotatable bonds is 8. The van der Waals surface area contributed by atoms with E-state index in [1.807, 2.05) is 36.4 Å². The first-order valence-corrected chi connectivity index (χ1v) is 10.7. The number of aromatic nitrogens is 1. The van der Waals surface area contributed by atoms with E-state index in [2.05, 4.69) is 39.8 Å². The second kappa shape index (κ2) is 9.41. The molecule has 2 atom stereocenters. The molecule has 0 bridgehead atoms. The van der Waals surface area contributed by atoms with Gasteiger partial charge in [0.15, 0.2) is 0 Å². The first-order valence-electron chi connectivity index (χ1n) is 10.7. The number of nitrogens with one attached hydrogen (secondary N) is 3. The fourth-order valence-corrected chi connectivity index (χ4v) is 4.26. The number of hydrazine groups is 1. The molecule has 4 rings (SSSR count). The Labute approximate surface area is 182 Å². The Balaban J connectivity index is 1.37. The molecule has 3 N–H and O–H groups in total. The van der Waals surface area contributed by atoms with Crippen LogP contribution in [-0.4, -0.2) is 30.9 Å². The van der Waals surface area contributed by atoms with Crippen LogP contribution in [0.4, 0.5) is 0 Å². The highest BCUT2D eigenvalue weighted by Crippen LogP contribution is 2.33. The Morgan fingerprint density at radius 2 is 1.94 bits per heavy atom. The van der Waals surface area contributed by atoms with E-state index in [0.717, 1.165) is 40.9 Å². The summed E-state index contributed by atoms with van der Waals surface area (Å²) >= 11 is 0. The molecule has 2 aromatic carbocycles. The van der Waals surface area contributed by atoms with E-state index >= 15 is 0 Å². The average Bonchev–Trinajstić information content (AvgIpc) is 3.41. The first-order chi connectivity index (χ1) is 15.1. The maximum absolute atomic E-state index is 12.5. The van der Waals surface area contributed by atoms with Crippen LogP contribution < -0.4 is 25.6 Å². The van der Waals surface area contributed by atoms with Crippen molar-refractivity contribution in [3.05, 3.63) is 59.8 Å². The maximum atomic E-state index is 12.5. The molecule has 0 radical (unpaired) electrons. The Morgan fingerprint density at radius 3 is 2.65 bits per heavy atom. The average molecular weight is 423 g/mol. The van der Waals surface area contributed by atoms with Crippen LogP contribution >= 0.6 is 0 Å². The van der Waals surface area contributed by atoms with Crippen LogP contribution in [0.25, 0.3) is 10.9 Å². The minimum atomic E-state index is -0.112. The third kappa shape index (κ3) is 4.52. The normalized spacial score (nSPS) is 18.3. The monoisotopic (exact) mass is 422 g/mol. The van der Waals surface area contributed by atoms with E-state index in [1.165, 1.54) is 5.69 Å². The van der Waals surface area contributed by atoms with Gasteiger partial charge in [0, 0.05) is 30.5 Å². The first kappa shape index (κ1) is 21.2. The van der Waals surface area contributed by atoms with Crippen LogP contribution in [0.3, 0.4) is 0 Å². The Morgan fingerprint density at radius 1 is 1.13 bits per heavy atom. The number of amides is 1. The van der Waals surface area contributed by atoms with E-state index in [9.17, 15) is 4.79 Å². The molecule has 7 nitrogen and oxygen atoms in total. The molecule has 3 aromatic rings. The van der Waals surface area contributed by atoms with Crippen molar-refractivity contribution in [1.82, 2.24) is 20.7 Å². The summed E-state index contributed by atoms with van der Waals surface area (Å²) in [7, 11) is 3.35.